The predicted octanol–water partition coefficient (Wildman–Crippen LogP) is 14.6. The molecule has 11 rings (SSSR count). The van der Waals surface area contributed by atoms with Crippen molar-refractivity contribution in [2.75, 3.05) is 44.8 Å². The molecule has 9 aromatic rings. The minimum atomic E-state index is -1.08. The number of pyridine rings is 1. The van der Waals surface area contributed by atoms with Gasteiger partial charge in [-0.3, -0.25) is 15.3 Å². The highest BCUT2D eigenvalue weighted by molar-refractivity contribution is 15.0. The maximum Gasteiger partial charge on any atom is 0.337 e. The van der Waals surface area contributed by atoms with Crippen LogP contribution in [0.5, 0.6) is 23.0 Å². The van der Waals surface area contributed by atoms with E-state index in [-0.39, 0.29) is 48.2 Å². The van der Waals surface area contributed by atoms with Gasteiger partial charge in [-0.2, -0.15) is 0 Å². The van der Waals surface area contributed by atoms with Crippen LogP contribution in [0.4, 0.5) is 28.4 Å². The number of halogens is 3. The Labute approximate surface area is 534 Å². The number of hydrogen-bond donors (Lipinski definition) is 11. The zero-order chi connectivity index (χ0) is 62.9. The number of nitrogen functional groups attached to an aromatic ring is 1. The number of aromatic amines is 1. The maximum atomic E-state index is 12.5. The summed E-state index contributed by atoms with van der Waals surface area (Å²) < 4.78 is 21.2. The van der Waals surface area contributed by atoms with E-state index in [9.17, 15) is 54.6 Å². The van der Waals surface area contributed by atoms with Crippen LogP contribution < -0.4 is 40.7 Å². The highest BCUT2D eigenvalue weighted by Gasteiger charge is 2.33. The molecule has 0 spiro atoms. The Morgan fingerprint density at radius 2 is 0.761 bits per heavy atom. The number of aromatic carboxylic acids is 5. The molecule has 23 nitrogen and oxygen atoms in total. The van der Waals surface area contributed by atoms with Crippen LogP contribution >= 0.6 is 53.2 Å². The third-order valence-corrected chi connectivity index (χ3v) is 13.6. The minimum absolute atomic E-state index is 0. The van der Waals surface area contributed by atoms with Gasteiger partial charge >= 0.3 is 29.8 Å². The molecule has 3 heterocycles. The zero-order valence-electron chi connectivity index (χ0n) is 45.3. The molecule has 26 heteroatoms. The van der Waals surface area contributed by atoms with E-state index in [0.717, 1.165) is 0 Å². The van der Waals surface area contributed by atoms with Gasteiger partial charge in [0.2, 0.25) is 0 Å². The first-order valence-electron chi connectivity index (χ1n) is 24.7. The van der Waals surface area contributed by atoms with Gasteiger partial charge < -0.3 is 65.8 Å². The van der Waals surface area contributed by atoms with Crippen LogP contribution in [0.1, 0.15) is 101 Å². The van der Waals surface area contributed by atoms with E-state index in [1.807, 2.05) is 0 Å². The first kappa shape index (κ1) is 71.4. The summed E-state index contributed by atoms with van der Waals surface area (Å²) in [7, 11) is 5.98. The summed E-state index contributed by atoms with van der Waals surface area (Å²) in [5.41, 5.74) is 11.3. The number of methoxy groups -OCH3 is 4. The number of nitrogens with one attached hydrogen (secondary N) is 3. The summed E-state index contributed by atoms with van der Waals surface area (Å²) in [5, 5.41) is 70.5. The summed E-state index contributed by atoms with van der Waals surface area (Å²) >= 11 is 7.36. The van der Waals surface area contributed by atoms with Crippen LogP contribution in [-0.4, -0.2) is 99.3 Å². The lowest BCUT2D eigenvalue weighted by molar-refractivity contribution is -0.270. The molecule has 8 aromatic carbocycles. The Hall–Kier alpha value is -9.04. The predicted molar refractivity (Wildman–Crippen MR) is 353 cm³/mol. The standard InChI is InChI=1S/2C15H13NO5.C15H11NO4.C8H9NO3.C7H5BrO2.2CH4.I2/c2*1-20-11-7-3-5-9-13(11)16-12-8(14(9)21-19)4-2-6-10(12)15(17)18;1-20-11-7-3-5-9-13(11)16-12-8(14(9)17)4-2-6-10(12)15(18)19;1-12-6-4-2-3-5(7(6)9)8(10)11;8-6-4-2-1-3-5(6)7(9)10;;;1-2/h2*2-7,14,16,19H,1H3,(H,17,18);2-7H,1H3,(H,16,17)(H,18,19);2-4H,9H2,1H3,(H,10,11);1-4H,(H,9,10);2*1H4;. The zero-order valence-corrected chi connectivity index (χ0v) is 51.2. The first-order chi connectivity index (χ1) is 41.3. The van der Waals surface area contributed by atoms with E-state index in [0.29, 0.717) is 99.8 Å². The number of rotatable bonds is 11. The second-order valence-corrected chi connectivity index (χ2v) is 18.5. The van der Waals surface area contributed by atoms with Crippen LogP contribution in [0.25, 0.3) is 21.8 Å². The molecule has 12 N–H and O–H groups in total. The smallest absolute Gasteiger partial charge is 0.337 e. The first-order valence-corrected chi connectivity index (χ1v) is 31.8. The quantitative estimate of drug-likeness (QED) is 0.0188. The molecule has 0 saturated carbocycles. The van der Waals surface area contributed by atoms with Crippen molar-refractivity contribution < 1.29 is 88.7 Å². The van der Waals surface area contributed by atoms with Crippen LogP contribution in [0.2, 0.25) is 0 Å². The van der Waals surface area contributed by atoms with Gasteiger partial charge in [0.05, 0.1) is 95.7 Å². The fourth-order valence-electron chi connectivity index (χ4n) is 9.05. The number of hydrogen-bond acceptors (Lipinski definition) is 17. The second-order valence-electron chi connectivity index (χ2n) is 17.6. The Balaban J connectivity index is 0.000000238. The van der Waals surface area contributed by atoms with Crippen molar-refractivity contribution in [2.45, 2.75) is 27.1 Å². The van der Waals surface area contributed by atoms with Crippen molar-refractivity contribution in [3.8, 4) is 23.0 Å². The molecular formula is C62H59BrI2N4O19. The number of H-pyrrole nitrogens is 1. The number of carboxylic acids is 5. The number of benzene rings is 8. The number of anilines is 5. The van der Waals surface area contributed by atoms with Gasteiger partial charge in [0.25, 0.3) is 0 Å². The van der Waals surface area contributed by atoms with E-state index < -0.39 is 42.1 Å². The summed E-state index contributed by atoms with van der Waals surface area (Å²) in [6, 6.07) is 41.3. The number of carboxylic acid groups (broad SMARTS) is 5. The van der Waals surface area contributed by atoms with Crippen molar-refractivity contribution in [1.82, 2.24) is 4.98 Å². The van der Waals surface area contributed by atoms with Gasteiger partial charge in [-0.25, -0.2) is 33.7 Å². The van der Waals surface area contributed by atoms with Crippen molar-refractivity contribution in [1.29, 1.82) is 0 Å². The van der Waals surface area contributed by atoms with Crippen molar-refractivity contribution in [3.63, 3.8) is 0 Å². The van der Waals surface area contributed by atoms with Crippen molar-refractivity contribution in [2.24, 2.45) is 0 Å². The number of aromatic nitrogens is 1. The SMILES string of the molecule is C.C.COc1cccc(C(=O)O)c1N.COc1cccc2c(=O)c3cccc(C(=O)O)c3[nH]c12.COc1cccc2c1Nc1c(C(=O)O)cccc1C2OO.COc1cccc2c1Nc1c(C(=O)O)cccc1C2OO.II.O=C(O)c1ccccc1Br. The van der Waals surface area contributed by atoms with E-state index in [4.69, 9.17) is 34.9 Å². The highest BCUT2D eigenvalue weighted by atomic mass is 128. The largest absolute Gasteiger partial charge is 0.495 e. The molecule has 2 unspecified atom stereocenters. The number of ether oxygens (including phenoxy) is 4. The lowest BCUT2D eigenvalue weighted by atomic mass is 9.91. The molecule has 0 radical (unpaired) electrons. The topological polar surface area (TPSA) is 365 Å². The molecule has 2 aliphatic rings. The lowest BCUT2D eigenvalue weighted by Crippen LogP contribution is -2.18. The molecule has 2 aliphatic heterocycles. The van der Waals surface area contributed by atoms with E-state index in [1.165, 1.54) is 52.7 Å². The van der Waals surface area contributed by atoms with E-state index in [1.54, 1.807) is 127 Å². The molecule has 0 aliphatic carbocycles. The third-order valence-electron chi connectivity index (χ3n) is 13.0. The van der Waals surface area contributed by atoms with Crippen LogP contribution in [0, 0.1) is 0 Å². The number of nitrogens with two attached hydrogens (primary N) is 1. The molecule has 2 atom stereocenters. The van der Waals surface area contributed by atoms with Gasteiger partial charge in [-0.1, -0.05) is 93.7 Å². The molecule has 0 bridgehead atoms. The molecular weight excluding hydrogens is 1440 g/mol. The van der Waals surface area contributed by atoms with Gasteiger partial charge in [-0.05, 0) is 88.7 Å². The molecule has 0 saturated heterocycles. The maximum absolute atomic E-state index is 12.5. The Morgan fingerprint density at radius 3 is 1.17 bits per heavy atom. The molecule has 0 amide bonds. The summed E-state index contributed by atoms with van der Waals surface area (Å²) in [6.07, 6.45) is -1.55. The van der Waals surface area contributed by atoms with Crippen molar-refractivity contribution in [3.05, 3.63) is 216 Å². The van der Waals surface area contributed by atoms with Crippen LogP contribution in [0.3, 0.4) is 0 Å². The van der Waals surface area contributed by atoms with Gasteiger partial charge in [0, 0.05) is 74.7 Å². The van der Waals surface area contributed by atoms with Gasteiger partial charge in [0.1, 0.15) is 35.2 Å². The van der Waals surface area contributed by atoms with Crippen LogP contribution in [0.15, 0.2) is 161 Å². The minimum Gasteiger partial charge on any atom is -0.495 e. The number of fused-ring (bicyclic) bond motifs is 6. The van der Waals surface area contributed by atoms with Gasteiger partial charge in [-0.15, -0.1) is 0 Å². The summed E-state index contributed by atoms with van der Waals surface area (Å²) in [5.74, 6) is -3.19. The molecule has 462 valence electrons. The summed E-state index contributed by atoms with van der Waals surface area (Å²) in [4.78, 5) is 79.6. The normalized spacial score (nSPS) is 12.3. The molecule has 1 aromatic heterocycles. The highest BCUT2D eigenvalue weighted by Crippen LogP contribution is 2.48. The fourth-order valence-corrected chi connectivity index (χ4v) is 9.51. The third kappa shape index (κ3) is 15.7. The van der Waals surface area contributed by atoms with Crippen molar-refractivity contribution >= 4 is 133 Å². The monoisotopic (exact) mass is 1500 g/mol. The lowest BCUT2D eigenvalue weighted by Gasteiger charge is -2.29. The number of para-hydroxylation sites is 7. The number of carbonyl (C=O) groups is 5. The Bertz CT molecular complexity index is 3930. The Morgan fingerprint density at radius 1 is 0.432 bits per heavy atom. The van der Waals surface area contributed by atoms with E-state index in [2.05, 4.69) is 78.6 Å². The van der Waals surface area contributed by atoms with Gasteiger partial charge in [0.15, 0.2) is 5.43 Å². The Kier molecular flexibility index (Phi) is 26.9. The average molecular weight is 1500 g/mol. The van der Waals surface area contributed by atoms with Crippen LogP contribution in [-0.2, 0) is 9.78 Å². The van der Waals surface area contributed by atoms with E-state index >= 15 is 0 Å². The molecule has 0 fully saturated rings. The average Bonchev–Trinajstić information content (AvgIpc) is 0.844. The second kappa shape index (κ2) is 33.2. The fraction of sp³-hybridized carbons (Fsp3) is 0.129. The summed E-state index contributed by atoms with van der Waals surface area (Å²) in [6.45, 7) is 0. The molecule has 88 heavy (non-hydrogen) atoms.